The first-order valence-corrected chi connectivity index (χ1v) is 6.75. The predicted octanol–water partition coefficient (Wildman–Crippen LogP) is 1.27. The maximum absolute atomic E-state index is 12.0. The molecule has 22 heavy (non-hydrogen) atoms. The second-order valence-corrected chi connectivity index (χ2v) is 4.45. The van der Waals surface area contributed by atoms with E-state index in [4.69, 9.17) is 4.74 Å². The molecule has 1 aromatic heterocycles. The summed E-state index contributed by atoms with van der Waals surface area (Å²) < 4.78 is 6.50. The van der Waals surface area contributed by atoms with Crippen LogP contribution >= 0.6 is 0 Å². The van der Waals surface area contributed by atoms with Gasteiger partial charge in [0.15, 0.2) is 5.82 Å². The molecule has 8 nitrogen and oxygen atoms in total. The number of hydrogen-bond donors (Lipinski definition) is 2. The van der Waals surface area contributed by atoms with Gasteiger partial charge in [-0.15, -0.1) is 5.10 Å². The number of nitrogens with one attached hydrogen (secondary N) is 2. The van der Waals surface area contributed by atoms with Crippen LogP contribution in [0.2, 0.25) is 0 Å². The summed E-state index contributed by atoms with van der Waals surface area (Å²) in [4.78, 5) is 23.2. The van der Waals surface area contributed by atoms with Gasteiger partial charge in [0, 0.05) is 6.42 Å². The Balaban J connectivity index is 1.96. The average molecular weight is 303 g/mol. The molecule has 0 bridgehead atoms. The molecule has 0 aliphatic heterocycles. The Morgan fingerprint density at radius 1 is 1.23 bits per heavy atom. The van der Waals surface area contributed by atoms with Gasteiger partial charge < -0.3 is 15.4 Å². The Morgan fingerprint density at radius 3 is 2.73 bits per heavy atom. The lowest BCUT2D eigenvalue weighted by molar-refractivity contribution is -0.117. The average Bonchev–Trinajstić information content (AvgIpc) is 2.94. The third kappa shape index (κ3) is 4.05. The van der Waals surface area contributed by atoms with Gasteiger partial charge in [-0.1, -0.05) is 24.3 Å². The molecule has 2 N–H and O–H groups in total. The summed E-state index contributed by atoms with van der Waals surface area (Å²) in [6.07, 6.45) is 1.84. The van der Waals surface area contributed by atoms with E-state index in [1.165, 1.54) is 18.0 Å². The van der Waals surface area contributed by atoms with E-state index in [0.717, 1.165) is 0 Å². The van der Waals surface area contributed by atoms with Crippen molar-refractivity contribution in [2.75, 3.05) is 17.7 Å². The Bertz CT molecular complexity index is 668. The molecule has 2 aromatic rings. The fourth-order valence-electron chi connectivity index (χ4n) is 1.75. The summed E-state index contributed by atoms with van der Waals surface area (Å²) in [7, 11) is 1.53. The summed E-state index contributed by atoms with van der Waals surface area (Å²) in [5, 5.41) is 12.9. The lowest BCUT2D eigenvalue weighted by atomic mass is 10.3. The summed E-state index contributed by atoms with van der Waals surface area (Å²) in [6.45, 7) is 1.72. The first-order valence-electron chi connectivity index (χ1n) is 6.75. The molecule has 116 valence electrons. The molecule has 1 aromatic carbocycles. The molecule has 0 saturated heterocycles. The largest absolute Gasteiger partial charge is 0.495 e. The van der Waals surface area contributed by atoms with Gasteiger partial charge in [-0.3, -0.25) is 9.59 Å². The van der Waals surface area contributed by atoms with Crippen LogP contribution in [0, 0.1) is 0 Å². The SMILES string of the molecule is CCC(=O)Nc1cn(CC(=O)Nc2ccccc2OC)nn1. The van der Waals surface area contributed by atoms with Gasteiger partial charge in [0.05, 0.1) is 19.0 Å². The normalized spacial score (nSPS) is 10.1. The number of carbonyl (C=O) groups excluding carboxylic acids is 2. The fraction of sp³-hybridized carbons (Fsp3) is 0.286. The highest BCUT2D eigenvalue weighted by molar-refractivity contribution is 5.92. The molecule has 0 aliphatic carbocycles. The van der Waals surface area contributed by atoms with Crippen LogP contribution in [0.4, 0.5) is 11.5 Å². The lowest BCUT2D eigenvalue weighted by Crippen LogP contribution is -2.19. The molecule has 0 spiro atoms. The molecule has 2 rings (SSSR count). The van der Waals surface area contributed by atoms with Crippen molar-refractivity contribution in [3.63, 3.8) is 0 Å². The maximum atomic E-state index is 12.0. The lowest BCUT2D eigenvalue weighted by Gasteiger charge is -2.09. The van der Waals surface area contributed by atoms with Crippen LogP contribution in [-0.2, 0) is 16.1 Å². The minimum Gasteiger partial charge on any atom is -0.495 e. The molecule has 0 fully saturated rings. The van der Waals surface area contributed by atoms with Gasteiger partial charge in [-0.05, 0) is 12.1 Å². The van der Waals surface area contributed by atoms with E-state index in [1.807, 2.05) is 6.07 Å². The highest BCUT2D eigenvalue weighted by Crippen LogP contribution is 2.22. The van der Waals surface area contributed by atoms with Crippen molar-refractivity contribution in [2.45, 2.75) is 19.9 Å². The summed E-state index contributed by atoms with van der Waals surface area (Å²) in [6, 6.07) is 7.11. The highest BCUT2D eigenvalue weighted by atomic mass is 16.5. The number of carbonyl (C=O) groups is 2. The van der Waals surface area contributed by atoms with Crippen LogP contribution in [0.5, 0.6) is 5.75 Å². The number of nitrogens with zero attached hydrogens (tertiary/aromatic N) is 3. The third-order valence-corrected chi connectivity index (χ3v) is 2.81. The quantitative estimate of drug-likeness (QED) is 0.837. The van der Waals surface area contributed by atoms with Crippen LogP contribution in [-0.4, -0.2) is 33.9 Å². The molecular formula is C14H17N5O3. The van der Waals surface area contributed by atoms with Gasteiger partial charge in [-0.2, -0.15) is 0 Å². The Morgan fingerprint density at radius 2 is 2.00 bits per heavy atom. The van der Waals surface area contributed by atoms with Gasteiger partial charge in [0.1, 0.15) is 12.3 Å². The third-order valence-electron chi connectivity index (χ3n) is 2.81. The molecule has 0 radical (unpaired) electrons. The van der Waals surface area contributed by atoms with E-state index in [0.29, 0.717) is 23.7 Å². The maximum Gasteiger partial charge on any atom is 0.246 e. The fourth-order valence-corrected chi connectivity index (χ4v) is 1.75. The molecule has 0 unspecified atom stereocenters. The van der Waals surface area contributed by atoms with E-state index < -0.39 is 0 Å². The zero-order valence-corrected chi connectivity index (χ0v) is 12.4. The second kappa shape index (κ2) is 7.21. The number of rotatable bonds is 6. The second-order valence-electron chi connectivity index (χ2n) is 4.45. The molecule has 0 aliphatic rings. The van der Waals surface area contributed by atoms with Crippen molar-refractivity contribution in [2.24, 2.45) is 0 Å². The summed E-state index contributed by atoms with van der Waals surface area (Å²) >= 11 is 0. The van der Waals surface area contributed by atoms with Gasteiger partial charge >= 0.3 is 0 Å². The zero-order chi connectivity index (χ0) is 15.9. The van der Waals surface area contributed by atoms with Gasteiger partial charge in [0.25, 0.3) is 0 Å². The minimum atomic E-state index is -0.275. The Labute approximate surface area is 127 Å². The molecule has 0 atom stereocenters. The van der Waals surface area contributed by atoms with Gasteiger partial charge in [-0.25, -0.2) is 4.68 Å². The first-order chi connectivity index (χ1) is 10.6. The first kappa shape index (κ1) is 15.5. The topological polar surface area (TPSA) is 98.1 Å². The van der Waals surface area contributed by atoms with Crippen molar-refractivity contribution in [1.82, 2.24) is 15.0 Å². The summed E-state index contributed by atoms with van der Waals surface area (Å²) in [5.41, 5.74) is 0.578. The number of hydrogen-bond acceptors (Lipinski definition) is 5. The monoisotopic (exact) mass is 303 g/mol. The molecule has 0 saturated carbocycles. The number of aromatic nitrogens is 3. The standard InChI is InChI=1S/C14H17N5O3/c1-3-13(20)16-12-8-19(18-17-12)9-14(21)15-10-6-4-5-7-11(10)22-2/h4-8H,3,9H2,1-2H3,(H,15,21)(H,16,20). The van der Waals surface area contributed by atoms with Crippen LogP contribution in [0.3, 0.4) is 0 Å². The van der Waals surface area contributed by atoms with Crippen LogP contribution < -0.4 is 15.4 Å². The van der Waals surface area contributed by atoms with E-state index in [-0.39, 0.29) is 18.4 Å². The van der Waals surface area contributed by atoms with Crippen molar-refractivity contribution < 1.29 is 14.3 Å². The van der Waals surface area contributed by atoms with Crippen LogP contribution in [0.25, 0.3) is 0 Å². The Kier molecular flexibility index (Phi) is 5.07. The minimum absolute atomic E-state index is 0.0208. The number of methoxy groups -OCH3 is 1. The van der Waals surface area contributed by atoms with E-state index in [9.17, 15) is 9.59 Å². The van der Waals surface area contributed by atoms with Gasteiger partial charge in [0.2, 0.25) is 11.8 Å². The Hall–Kier alpha value is -2.90. The van der Waals surface area contributed by atoms with Crippen LogP contribution in [0.1, 0.15) is 13.3 Å². The molecular weight excluding hydrogens is 286 g/mol. The van der Waals surface area contributed by atoms with Crippen molar-refractivity contribution >= 4 is 23.3 Å². The van der Waals surface area contributed by atoms with E-state index in [2.05, 4.69) is 20.9 Å². The number of amides is 2. The molecule has 2 amide bonds. The molecule has 8 heteroatoms. The molecule has 1 heterocycles. The van der Waals surface area contributed by atoms with Crippen LogP contribution in [0.15, 0.2) is 30.5 Å². The number of para-hydroxylation sites is 2. The van der Waals surface area contributed by atoms with E-state index in [1.54, 1.807) is 25.1 Å². The highest BCUT2D eigenvalue weighted by Gasteiger charge is 2.10. The zero-order valence-electron chi connectivity index (χ0n) is 12.4. The van der Waals surface area contributed by atoms with Crippen molar-refractivity contribution in [1.29, 1.82) is 0 Å². The number of anilines is 2. The number of benzene rings is 1. The smallest absolute Gasteiger partial charge is 0.246 e. The summed E-state index contributed by atoms with van der Waals surface area (Å²) in [5.74, 6) is 0.454. The van der Waals surface area contributed by atoms with E-state index >= 15 is 0 Å². The van der Waals surface area contributed by atoms with Crippen molar-refractivity contribution in [3.05, 3.63) is 30.5 Å². The predicted molar refractivity (Wildman–Crippen MR) is 80.6 cm³/mol. The number of ether oxygens (including phenoxy) is 1. The van der Waals surface area contributed by atoms with Crippen molar-refractivity contribution in [3.8, 4) is 5.75 Å².